The Bertz CT molecular complexity index is 654. The summed E-state index contributed by atoms with van der Waals surface area (Å²) in [5, 5.41) is 0. The Hall–Kier alpha value is -1.84. The maximum atomic E-state index is 13.5. The monoisotopic (exact) mass is 296 g/mol. The number of alkyl halides is 3. The van der Waals surface area contributed by atoms with Gasteiger partial charge < -0.3 is 0 Å². The number of hydrogen-bond acceptors (Lipinski definition) is 0. The summed E-state index contributed by atoms with van der Waals surface area (Å²) in [6.07, 6.45) is -4.41. The molecule has 0 saturated heterocycles. The molecular weight excluding hydrogens is 280 g/mol. The summed E-state index contributed by atoms with van der Waals surface area (Å²) < 4.78 is 52.3. The molecule has 0 aliphatic heterocycles. The number of hydrogen-bond donors (Lipinski definition) is 0. The summed E-state index contributed by atoms with van der Waals surface area (Å²) in [7, 11) is 0. The van der Waals surface area contributed by atoms with Crippen LogP contribution >= 0.6 is 0 Å². The van der Waals surface area contributed by atoms with Gasteiger partial charge in [-0.1, -0.05) is 26.0 Å². The molecule has 2 aromatic carbocycles. The van der Waals surface area contributed by atoms with E-state index in [2.05, 4.69) is 0 Å². The summed E-state index contributed by atoms with van der Waals surface area (Å²) in [5.74, 6) is -0.361. The van der Waals surface area contributed by atoms with E-state index in [4.69, 9.17) is 0 Å². The zero-order valence-electron chi connectivity index (χ0n) is 12.1. The second-order valence-electron chi connectivity index (χ2n) is 5.47. The van der Waals surface area contributed by atoms with Gasteiger partial charge in [0.2, 0.25) is 0 Å². The molecule has 0 N–H and O–H groups in total. The molecule has 0 saturated carbocycles. The summed E-state index contributed by atoms with van der Waals surface area (Å²) >= 11 is 0. The molecule has 2 rings (SSSR count). The highest BCUT2D eigenvalue weighted by Crippen LogP contribution is 2.36. The van der Waals surface area contributed by atoms with E-state index in [1.807, 2.05) is 13.8 Å². The standard InChI is InChI=1S/C17H16F4/c1-10(2)15-5-4-14(18)9-16(15)12-6-11(3)7-13(8-12)17(19,20)21/h4-10H,1-3H3. The zero-order chi connectivity index (χ0) is 15.8. The van der Waals surface area contributed by atoms with Crippen molar-refractivity contribution in [2.45, 2.75) is 32.9 Å². The van der Waals surface area contributed by atoms with Crippen LogP contribution in [-0.4, -0.2) is 0 Å². The normalized spacial score (nSPS) is 12.0. The van der Waals surface area contributed by atoms with E-state index in [-0.39, 0.29) is 5.92 Å². The molecule has 0 bridgehead atoms. The van der Waals surface area contributed by atoms with Crippen molar-refractivity contribution in [1.29, 1.82) is 0 Å². The topological polar surface area (TPSA) is 0 Å². The fraction of sp³-hybridized carbons (Fsp3) is 0.294. The van der Waals surface area contributed by atoms with Crippen LogP contribution in [0, 0.1) is 12.7 Å². The van der Waals surface area contributed by atoms with Crippen molar-refractivity contribution in [1.82, 2.24) is 0 Å². The van der Waals surface area contributed by atoms with Gasteiger partial charge in [0.1, 0.15) is 5.82 Å². The Labute approximate surface area is 121 Å². The first-order valence-corrected chi connectivity index (χ1v) is 6.67. The summed E-state index contributed by atoms with van der Waals surface area (Å²) in [6, 6.07) is 8.08. The predicted molar refractivity (Wildman–Crippen MR) is 75.7 cm³/mol. The van der Waals surface area contributed by atoms with Gasteiger partial charge in [0.05, 0.1) is 5.56 Å². The van der Waals surface area contributed by atoms with Crippen molar-refractivity contribution in [3.05, 3.63) is 58.9 Å². The largest absolute Gasteiger partial charge is 0.416 e. The summed E-state index contributed by atoms with van der Waals surface area (Å²) in [5.41, 5.74) is 1.52. The molecule has 0 amide bonds. The Morgan fingerprint density at radius 1 is 0.952 bits per heavy atom. The van der Waals surface area contributed by atoms with Crippen molar-refractivity contribution in [2.75, 3.05) is 0 Å². The number of aryl methyl sites for hydroxylation is 1. The van der Waals surface area contributed by atoms with Crippen molar-refractivity contribution < 1.29 is 17.6 Å². The SMILES string of the molecule is Cc1cc(-c2cc(F)ccc2C(C)C)cc(C(F)(F)F)c1. The molecule has 0 aromatic heterocycles. The summed E-state index contributed by atoms with van der Waals surface area (Å²) in [6.45, 7) is 5.46. The first-order valence-electron chi connectivity index (χ1n) is 6.67. The number of benzene rings is 2. The minimum atomic E-state index is -4.41. The van der Waals surface area contributed by atoms with Gasteiger partial charge in [0.15, 0.2) is 0 Å². The van der Waals surface area contributed by atoms with Crippen molar-refractivity contribution >= 4 is 0 Å². The summed E-state index contributed by atoms with van der Waals surface area (Å²) in [4.78, 5) is 0. The highest BCUT2D eigenvalue weighted by atomic mass is 19.4. The fourth-order valence-corrected chi connectivity index (χ4v) is 2.38. The van der Waals surface area contributed by atoms with E-state index in [0.29, 0.717) is 16.7 Å². The third-order valence-electron chi connectivity index (χ3n) is 3.35. The van der Waals surface area contributed by atoms with Crippen LogP contribution in [0.1, 0.15) is 36.5 Å². The van der Waals surface area contributed by atoms with E-state index in [9.17, 15) is 17.6 Å². The lowest BCUT2D eigenvalue weighted by molar-refractivity contribution is -0.137. The average molecular weight is 296 g/mol. The van der Waals surface area contributed by atoms with Gasteiger partial charge in [-0.3, -0.25) is 0 Å². The first kappa shape index (κ1) is 15.5. The van der Waals surface area contributed by atoms with Crippen LogP contribution in [0.2, 0.25) is 0 Å². The minimum Gasteiger partial charge on any atom is -0.207 e. The zero-order valence-corrected chi connectivity index (χ0v) is 12.1. The lowest BCUT2D eigenvalue weighted by Crippen LogP contribution is -2.06. The molecule has 0 aliphatic rings. The van der Waals surface area contributed by atoms with Crippen LogP contribution in [-0.2, 0) is 6.18 Å². The second kappa shape index (κ2) is 5.51. The van der Waals surface area contributed by atoms with Crippen LogP contribution in [0.4, 0.5) is 17.6 Å². The van der Waals surface area contributed by atoms with E-state index in [1.54, 1.807) is 19.1 Å². The third-order valence-corrected chi connectivity index (χ3v) is 3.35. The van der Waals surface area contributed by atoms with Crippen molar-refractivity contribution in [2.24, 2.45) is 0 Å². The van der Waals surface area contributed by atoms with E-state index < -0.39 is 17.6 Å². The second-order valence-corrected chi connectivity index (χ2v) is 5.47. The highest BCUT2D eigenvalue weighted by Gasteiger charge is 2.31. The van der Waals surface area contributed by atoms with Gasteiger partial charge >= 0.3 is 6.18 Å². The van der Waals surface area contributed by atoms with Crippen LogP contribution in [0.25, 0.3) is 11.1 Å². The molecule has 2 aromatic rings. The van der Waals surface area contributed by atoms with Gasteiger partial charge in [-0.05, 0) is 59.4 Å². The number of halogens is 4. The molecule has 0 spiro atoms. The maximum absolute atomic E-state index is 13.5. The Kier molecular flexibility index (Phi) is 4.08. The van der Waals surface area contributed by atoms with Crippen molar-refractivity contribution in [3.63, 3.8) is 0 Å². The molecule has 0 aliphatic carbocycles. The average Bonchev–Trinajstić information content (AvgIpc) is 2.36. The van der Waals surface area contributed by atoms with Crippen LogP contribution in [0.15, 0.2) is 36.4 Å². The molecule has 0 nitrogen and oxygen atoms in total. The van der Waals surface area contributed by atoms with Gasteiger partial charge in [-0.15, -0.1) is 0 Å². The van der Waals surface area contributed by atoms with E-state index >= 15 is 0 Å². The van der Waals surface area contributed by atoms with Gasteiger partial charge in [0, 0.05) is 0 Å². The van der Waals surface area contributed by atoms with Gasteiger partial charge in [-0.25, -0.2) is 4.39 Å². The molecular formula is C17H16F4. The molecule has 0 fully saturated rings. The van der Waals surface area contributed by atoms with Crippen molar-refractivity contribution in [3.8, 4) is 11.1 Å². The van der Waals surface area contributed by atoms with Crippen LogP contribution < -0.4 is 0 Å². The fourth-order valence-electron chi connectivity index (χ4n) is 2.38. The molecule has 0 unspecified atom stereocenters. The Morgan fingerprint density at radius 3 is 2.19 bits per heavy atom. The third kappa shape index (κ3) is 3.43. The lowest BCUT2D eigenvalue weighted by atomic mass is 9.91. The van der Waals surface area contributed by atoms with E-state index in [1.165, 1.54) is 12.1 Å². The smallest absolute Gasteiger partial charge is 0.207 e. The lowest BCUT2D eigenvalue weighted by Gasteiger charge is -2.16. The Morgan fingerprint density at radius 2 is 1.62 bits per heavy atom. The minimum absolute atomic E-state index is 0.0930. The van der Waals surface area contributed by atoms with Gasteiger partial charge in [-0.2, -0.15) is 13.2 Å². The van der Waals surface area contributed by atoms with Gasteiger partial charge in [0.25, 0.3) is 0 Å². The highest BCUT2D eigenvalue weighted by molar-refractivity contribution is 5.69. The predicted octanol–water partition coefficient (Wildman–Crippen LogP) is 5.94. The number of rotatable bonds is 2. The van der Waals surface area contributed by atoms with E-state index in [0.717, 1.165) is 17.7 Å². The molecule has 112 valence electrons. The molecule has 21 heavy (non-hydrogen) atoms. The Balaban J connectivity index is 2.67. The maximum Gasteiger partial charge on any atom is 0.416 e. The van der Waals surface area contributed by atoms with Crippen LogP contribution in [0.5, 0.6) is 0 Å². The first-order chi connectivity index (χ1) is 9.68. The molecule has 0 heterocycles. The molecule has 0 radical (unpaired) electrons. The van der Waals surface area contributed by atoms with Crippen LogP contribution in [0.3, 0.4) is 0 Å². The quantitative estimate of drug-likeness (QED) is 0.601. The molecule has 4 heteroatoms. The molecule has 0 atom stereocenters.